The summed E-state index contributed by atoms with van der Waals surface area (Å²) in [5.74, 6) is -1.85. The highest BCUT2D eigenvalue weighted by Gasteiger charge is 2.81. The lowest BCUT2D eigenvalue weighted by Gasteiger charge is -2.63. The van der Waals surface area contributed by atoms with Crippen molar-refractivity contribution in [3.63, 3.8) is 0 Å². The zero-order valence-corrected chi connectivity index (χ0v) is 31.5. The summed E-state index contributed by atoms with van der Waals surface area (Å²) >= 11 is 13.2. The number of nitrogens with zero attached hydrogens (tertiary/aromatic N) is 1. The van der Waals surface area contributed by atoms with Crippen LogP contribution in [0.2, 0.25) is 10.0 Å². The molecule has 8 rings (SSSR count). The number of carbonyl (C=O) groups excluding carboxylic acids is 2. The van der Waals surface area contributed by atoms with E-state index in [9.17, 15) is 10.2 Å². The van der Waals surface area contributed by atoms with Crippen molar-refractivity contribution in [1.82, 2.24) is 10.2 Å². The van der Waals surface area contributed by atoms with Crippen LogP contribution >= 0.6 is 23.2 Å². The standard InChI is InChI=1S/C43H43Cl2F2N3O5/c44-29-13-7-12-28(18-29)35-37(39(53)48-31-15-16-32(20-51)55-21-31)50(36(26-8-3-1-4-9-26)38(52)27-10-5-2-6-11-27)42(22-41(23-42,24-46)25-47)43(35)33-17-14-30(45)19-34(33)49-40(43)54/h1-14,17-19,31-32,35-38,51-52H,15-16,20-25H2,(H,48,53)(H,49,54)/t31-,32+,35+,36-,37-,38+,43?/m1/s1. The number of benzene rings is 4. The van der Waals surface area contributed by atoms with Crippen molar-refractivity contribution in [3.05, 3.63) is 135 Å². The van der Waals surface area contributed by atoms with E-state index in [1.54, 1.807) is 48.5 Å². The molecular weight excluding hydrogens is 747 g/mol. The number of nitrogens with one attached hydrogen (secondary N) is 2. The highest BCUT2D eigenvalue weighted by atomic mass is 35.5. The van der Waals surface area contributed by atoms with Crippen LogP contribution in [0, 0.1) is 5.41 Å². The Morgan fingerprint density at radius 2 is 1.58 bits per heavy atom. The van der Waals surface area contributed by atoms with Gasteiger partial charge in [0.2, 0.25) is 11.8 Å². The number of carbonyl (C=O) groups is 2. The second kappa shape index (κ2) is 14.9. The fourth-order valence-electron chi connectivity index (χ4n) is 10.3. The summed E-state index contributed by atoms with van der Waals surface area (Å²) in [4.78, 5) is 32.8. The molecular formula is C43H43Cl2F2N3O5. The van der Waals surface area contributed by atoms with E-state index < -0.39 is 71.7 Å². The first-order valence-electron chi connectivity index (χ1n) is 18.7. The zero-order chi connectivity index (χ0) is 38.5. The Kier molecular flexibility index (Phi) is 10.3. The number of hydrogen-bond donors (Lipinski definition) is 4. The van der Waals surface area contributed by atoms with Gasteiger partial charge in [0.15, 0.2) is 0 Å². The lowest BCUT2D eigenvalue weighted by Crippen LogP contribution is -2.72. The normalized spacial score (nSPS) is 27.6. The lowest BCUT2D eigenvalue weighted by atomic mass is 9.45. The van der Waals surface area contributed by atoms with Crippen molar-refractivity contribution in [2.24, 2.45) is 5.41 Å². The number of hydrogen-bond acceptors (Lipinski definition) is 6. The third-order valence-electron chi connectivity index (χ3n) is 12.5. The molecule has 0 radical (unpaired) electrons. The first kappa shape index (κ1) is 38.0. The van der Waals surface area contributed by atoms with E-state index >= 15 is 18.4 Å². The number of fused-ring (bicyclic) bond motifs is 3. The van der Waals surface area contributed by atoms with Crippen LogP contribution in [0.15, 0.2) is 103 Å². The summed E-state index contributed by atoms with van der Waals surface area (Å²) in [5.41, 5.74) is -1.72. The fraction of sp³-hybridized carbons (Fsp3) is 0.395. The van der Waals surface area contributed by atoms with E-state index in [0.29, 0.717) is 50.8 Å². The summed E-state index contributed by atoms with van der Waals surface area (Å²) in [5, 5.41) is 29.5. The maximum absolute atomic E-state index is 15.5. The van der Waals surface area contributed by atoms with Gasteiger partial charge in [0.1, 0.15) is 5.41 Å². The molecule has 1 aliphatic carbocycles. The number of ether oxygens (including phenoxy) is 1. The largest absolute Gasteiger partial charge is 0.394 e. The average Bonchev–Trinajstić information content (AvgIpc) is 3.63. The Bertz CT molecular complexity index is 2040. The predicted molar refractivity (Wildman–Crippen MR) is 207 cm³/mol. The van der Waals surface area contributed by atoms with E-state index in [1.807, 2.05) is 59.5 Å². The van der Waals surface area contributed by atoms with Gasteiger partial charge in [-0.25, -0.2) is 0 Å². The SMILES string of the molecule is O=C(N[C@@H]1CC[C@@H](CO)OC1)[C@H]1[C@H](c2cccc(Cl)c2)C2(C(=O)Nc3cc(Cl)ccc32)C2(CC(CF)(CF)C2)N1[C@H](c1ccccc1)[C@@H](O)c1ccccc1. The minimum Gasteiger partial charge on any atom is -0.394 e. The third-order valence-corrected chi connectivity index (χ3v) is 13.0. The van der Waals surface area contributed by atoms with Crippen molar-refractivity contribution >= 4 is 40.7 Å². The van der Waals surface area contributed by atoms with E-state index in [0.717, 1.165) is 0 Å². The maximum Gasteiger partial charge on any atom is 0.238 e. The number of anilines is 1. The maximum atomic E-state index is 15.5. The second-order valence-corrected chi connectivity index (χ2v) is 16.5. The topological polar surface area (TPSA) is 111 Å². The number of likely N-dealkylation sites (tertiary alicyclic amines) is 1. The van der Waals surface area contributed by atoms with Crippen LogP contribution in [-0.4, -0.2) is 77.2 Å². The number of amides is 2. The molecule has 7 atom stereocenters. The fourth-order valence-corrected chi connectivity index (χ4v) is 10.7. The van der Waals surface area contributed by atoms with Crippen LogP contribution in [-0.2, 0) is 19.7 Å². The molecule has 2 amide bonds. The third kappa shape index (κ3) is 6.08. The quantitative estimate of drug-likeness (QED) is 0.135. The van der Waals surface area contributed by atoms with E-state index in [-0.39, 0.29) is 32.2 Å². The summed E-state index contributed by atoms with van der Waals surface area (Å²) in [6.45, 7) is -1.94. The van der Waals surface area contributed by atoms with Crippen molar-refractivity contribution in [1.29, 1.82) is 0 Å². The van der Waals surface area contributed by atoms with Crippen LogP contribution in [0.4, 0.5) is 14.5 Å². The molecule has 4 aromatic carbocycles. The van der Waals surface area contributed by atoms with Gasteiger partial charge in [-0.3, -0.25) is 23.3 Å². The Hall–Kier alpha value is -3.90. The van der Waals surface area contributed by atoms with Gasteiger partial charge in [-0.1, -0.05) is 102 Å². The molecule has 1 unspecified atom stereocenters. The van der Waals surface area contributed by atoms with Crippen LogP contribution < -0.4 is 10.6 Å². The van der Waals surface area contributed by atoms with Crippen molar-refractivity contribution in [2.45, 2.75) is 72.9 Å². The lowest BCUT2D eigenvalue weighted by molar-refractivity contribution is -0.166. The predicted octanol–water partition coefficient (Wildman–Crippen LogP) is 7.24. The molecule has 2 saturated heterocycles. The van der Waals surface area contributed by atoms with Crippen molar-refractivity contribution in [2.75, 3.05) is 31.9 Å². The molecule has 3 heterocycles. The van der Waals surface area contributed by atoms with E-state index in [4.69, 9.17) is 27.9 Å². The molecule has 3 fully saturated rings. The van der Waals surface area contributed by atoms with E-state index in [1.165, 1.54) is 0 Å². The van der Waals surface area contributed by atoms with Gasteiger partial charge < -0.3 is 25.6 Å². The molecule has 55 heavy (non-hydrogen) atoms. The molecule has 4 aromatic rings. The van der Waals surface area contributed by atoms with Crippen LogP contribution in [0.3, 0.4) is 0 Å². The number of rotatable bonds is 10. The number of aliphatic hydroxyl groups is 2. The monoisotopic (exact) mass is 789 g/mol. The van der Waals surface area contributed by atoms with Crippen molar-refractivity contribution in [3.8, 4) is 0 Å². The van der Waals surface area contributed by atoms with E-state index in [2.05, 4.69) is 10.6 Å². The van der Waals surface area contributed by atoms with Gasteiger partial charge in [-0.2, -0.15) is 0 Å². The molecule has 4 N–H and O–H groups in total. The molecule has 0 bridgehead atoms. The summed E-state index contributed by atoms with van der Waals surface area (Å²) < 4.78 is 36.4. The molecule has 8 nitrogen and oxygen atoms in total. The van der Waals surface area contributed by atoms with Crippen LogP contribution in [0.25, 0.3) is 0 Å². The van der Waals surface area contributed by atoms with Crippen LogP contribution in [0.5, 0.6) is 0 Å². The molecule has 12 heteroatoms. The highest BCUT2D eigenvalue weighted by Crippen LogP contribution is 2.74. The van der Waals surface area contributed by atoms with Gasteiger partial charge in [0, 0.05) is 32.6 Å². The minimum atomic E-state index is -1.62. The Balaban J connectivity index is 1.43. The summed E-state index contributed by atoms with van der Waals surface area (Å²) in [6.07, 6.45) is -0.801. The Morgan fingerprint density at radius 1 is 0.909 bits per heavy atom. The molecule has 1 saturated carbocycles. The van der Waals surface area contributed by atoms with Gasteiger partial charge in [-0.15, -0.1) is 0 Å². The first-order chi connectivity index (χ1) is 26.6. The zero-order valence-electron chi connectivity index (χ0n) is 30.0. The van der Waals surface area contributed by atoms with Gasteiger partial charge >= 0.3 is 0 Å². The summed E-state index contributed by atoms with van der Waals surface area (Å²) in [7, 11) is 0. The molecule has 0 aromatic heterocycles. The Labute approximate surface area is 328 Å². The molecule has 288 valence electrons. The van der Waals surface area contributed by atoms with Crippen LogP contribution in [0.1, 0.15) is 66.0 Å². The smallest absolute Gasteiger partial charge is 0.238 e. The van der Waals surface area contributed by atoms with Crippen molar-refractivity contribution < 1.29 is 33.3 Å². The number of halogens is 4. The average molecular weight is 791 g/mol. The number of aliphatic hydroxyl groups excluding tert-OH is 2. The Morgan fingerprint density at radius 3 is 2.20 bits per heavy atom. The first-order valence-corrected chi connectivity index (χ1v) is 19.4. The minimum absolute atomic E-state index is 0.126. The highest BCUT2D eigenvalue weighted by molar-refractivity contribution is 6.31. The van der Waals surface area contributed by atoms with Gasteiger partial charge in [0.05, 0.1) is 56.9 Å². The number of alkyl halides is 2. The molecule has 2 spiro atoms. The molecule has 3 aliphatic heterocycles. The van der Waals surface area contributed by atoms with Gasteiger partial charge in [0.25, 0.3) is 0 Å². The molecule has 4 aliphatic rings. The summed E-state index contributed by atoms with van der Waals surface area (Å²) in [6, 6.07) is 27.9. The van der Waals surface area contributed by atoms with Gasteiger partial charge in [-0.05, 0) is 72.2 Å². The second-order valence-electron chi connectivity index (χ2n) is 15.6.